The lowest BCUT2D eigenvalue weighted by Crippen LogP contribution is -2.56. The first-order valence-corrected chi connectivity index (χ1v) is 15.2. The number of nitrogens with two attached hydrogens (primary N) is 1. The number of rotatable bonds is 9. The van der Waals surface area contributed by atoms with Crippen LogP contribution in [0.25, 0.3) is 0 Å². The summed E-state index contributed by atoms with van der Waals surface area (Å²) < 4.78 is 5.86. The average Bonchev–Trinajstić information content (AvgIpc) is 3.59. The van der Waals surface area contributed by atoms with Gasteiger partial charge < -0.3 is 15.4 Å². The van der Waals surface area contributed by atoms with Crippen molar-refractivity contribution in [3.63, 3.8) is 0 Å². The molecule has 10 atom stereocenters. The first-order chi connectivity index (χ1) is 17.8. The van der Waals surface area contributed by atoms with Gasteiger partial charge in [-0.3, -0.25) is 14.9 Å². The third-order valence-electron chi connectivity index (χ3n) is 11.7. The van der Waals surface area contributed by atoms with Crippen molar-refractivity contribution in [2.24, 2.45) is 63.4 Å². The topological polar surface area (TPSA) is 102 Å². The van der Waals surface area contributed by atoms with E-state index in [9.17, 15) is 14.4 Å². The van der Waals surface area contributed by atoms with E-state index in [-0.39, 0.29) is 41.1 Å². The van der Waals surface area contributed by atoms with Crippen molar-refractivity contribution >= 4 is 17.8 Å². The number of amides is 2. The van der Waals surface area contributed by atoms with Gasteiger partial charge in [0.15, 0.2) is 0 Å². The van der Waals surface area contributed by atoms with Gasteiger partial charge in [-0.05, 0) is 80.1 Å². The predicted molar refractivity (Wildman–Crippen MR) is 149 cm³/mol. The number of ketones is 1. The zero-order valence-electron chi connectivity index (χ0n) is 25.0. The summed E-state index contributed by atoms with van der Waals surface area (Å²) in [5.74, 6) is 1.70. The quantitative estimate of drug-likeness (QED) is 0.440. The highest BCUT2D eigenvalue weighted by Gasteiger charge is 2.63. The number of nitrogens with zero attached hydrogens (tertiary/aromatic N) is 1. The summed E-state index contributed by atoms with van der Waals surface area (Å²) in [6.45, 7) is 18.7. The molecule has 2 saturated carbocycles. The Morgan fingerprint density at radius 3 is 2.37 bits per heavy atom. The Morgan fingerprint density at radius 1 is 1.11 bits per heavy atom. The maximum atomic E-state index is 14.1. The van der Waals surface area contributed by atoms with Crippen molar-refractivity contribution < 1.29 is 19.1 Å². The molecule has 4 fully saturated rings. The minimum Gasteiger partial charge on any atom is -0.449 e. The average molecular weight is 532 g/mol. The van der Waals surface area contributed by atoms with Crippen LogP contribution in [-0.2, 0) is 14.3 Å². The molecule has 7 heteroatoms. The van der Waals surface area contributed by atoms with Crippen LogP contribution in [0.4, 0.5) is 4.79 Å². The van der Waals surface area contributed by atoms with E-state index in [0.717, 1.165) is 58.2 Å². The van der Waals surface area contributed by atoms with Crippen LogP contribution in [0.5, 0.6) is 0 Å². The minimum absolute atomic E-state index is 0.0974. The van der Waals surface area contributed by atoms with Gasteiger partial charge in [-0.15, -0.1) is 0 Å². The van der Waals surface area contributed by atoms with E-state index in [1.54, 1.807) is 0 Å². The number of carbonyl (C=O) groups excluding carboxylic acids is 3. The Morgan fingerprint density at radius 2 is 1.79 bits per heavy atom. The molecule has 4 rings (SSSR count). The summed E-state index contributed by atoms with van der Waals surface area (Å²) >= 11 is 0. The molecule has 38 heavy (non-hydrogen) atoms. The molecule has 7 nitrogen and oxygen atoms in total. The number of piperidine rings is 1. The van der Waals surface area contributed by atoms with Crippen LogP contribution in [0, 0.1) is 57.7 Å². The van der Waals surface area contributed by atoms with Gasteiger partial charge in [-0.2, -0.15) is 0 Å². The first kappa shape index (κ1) is 29.5. The van der Waals surface area contributed by atoms with Gasteiger partial charge in [0.05, 0.1) is 12.5 Å². The molecule has 2 saturated heterocycles. The van der Waals surface area contributed by atoms with Crippen molar-refractivity contribution in [2.45, 2.75) is 87.0 Å². The monoisotopic (exact) mass is 531 g/mol. The Bertz CT molecular complexity index is 923. The maximum absolute atomic E-state index is 14.1. The predicted octanol–water partition coefficient (Wildman–Crippen LogP) is 4.88. The van der Waals surface area contributed by atoms with Crippen molar-refractivity contribution in [1.82, 2.24) is 10.2 Å². The standard InChI is InChI=1S/C31H53N3O4/c1-19(2)14-29(6,17-32)26(35)22(5)31-11-8-20(3)25(31)30(7,21(4)9-12-31)18-38-28(37)33-27(36)24-16-34-13-10-23(24)15-34/h19-25H,8-18,32H2,1-7H3,(H,33,36,37)/t20-,21-,22+,23-,24+,25?,29-,30-,31?/m1/s1. The minimum atomic E-state index is -0.625. The summed E-state index contributed by atoms with van der Waals surface area (Å²) in [7, 11) is 0. The summed E-state index contributed by atoms with van der Waals surface area (Å²) in [5.41, 5.74) is 5.33. The maximum Gasteiger partial charge on any atom is 0.413 e. The number of imide groups is 1. The fraction of sp³-hybridized carbons (Fsp3) is 0.903. The Labute approximate surface area is 230 Å². The Hall–Kier alpha value is -1.47. The van der Waals surface area contributed by atoms with Crippen LogP contribution in [0.3, 0.4) is 0 Å². The zero-order chi connectivity index (χ0) is 28.0. The van der Waals surface area contributed by atoms with Crippen LogP contribution in [0.15, 0.2) is 0 Å². The van der Waals surface area contributed by atoms with Crippen LogP contribution >= 0.6 is 0 Å². The number of carbonyl (C=O) groups is 3. The second-order valence-electron chi connectivity index (χ2n) is 14.6. The Balaban J connectivity index is 1.49. The summed E-state index contributed by atoms with van der Waals surface area (Å²) in [4.78, 5) is 42.1. The lowest BCUT2D eigenvalue weighted by Gasteiger charge is -2.57. The largest absolute Gasteiger partial charge is 0.449 e. The van der Waals surface area contributed by atoms with Gasteiger partial charge in [0.2, 0.25) is 5.91 Å². The highest BCUT2D eigenvalue weighted by atomic mass is 16.5. The number of hydrogen-bond donors (Lipinski definition) is 2. The number of nitrogens with one attached hydrogen (secondary N) is 1. The van der Waals surface area contributed by atoms with Crippen LogP contribution in [0.1, 0.15) is 87.0 Å². The zero-order valence-corrected chi connectivity index (χ0v) is 25.0. The van der Waals surface area contributed by atoms with Crippen LogP contribution in [-0.4, -0.2) is 55.5 Å². The number of Topliss-reactive ketones (excluding diaryl/α,β-unsaturated/α-hetero) is 1. The first-order valence-electron chi connectivity index (χ1n) is 15.2. The second-order valence-corrected chi connectivity index (χ2v) is 14.6. The van der Waals surface area contributed by atoms with Crippen molar-refractivity contribution in [2.75, 3.05) is 32.8 Å². The highest BCUT2D eigenvalue weighted by Crippen LogP contribution is 2.66. The van der Waals surface area contributed by atoms with Gasteiger partial charge in [0.1, 0.15) is 5.78 Å². The smallest absolute Gasteiger partial charge is 0.413 e. The molecular formula is C31H53N3O4. The summed E-state index contributed by atoms with van der Waals surface area (Å²) in [6.07, 6.45) is 5.34. The summed E-state index contributed by atoms with van der Waals surface area (Å²) in [5, 5.41) is 2.55. The van der Waals surface area contributed by atoms with Gasteiger partial charge in [-0.25, -0.2) is 4.79 Å². The van der Waals surface area contributed by atoms with Gasteiger partial charge in [0.25, 0.3) is 0 Å². The van der Waals surface area contributed by atoms with E-state index in [1.807, 2.05) is 0 Å². The number of alkyl carbamates (subject to hydrolysis) is 1. The molecule has 216 valence electrons. The fourth-order valence-electron chi connectivity index (χ4n) is 9.53. The van der Waals surface area contributed by atoms with Crippen molar-refractivity contribution in [1.29, 1.82) is 0 Å². The molecule has 0 aromatic carbocycles. The van der Waals surface area contributed by atoms with E-state index in [2.05, 4.69) is 58.7 Å². The molecule has 0 spiro atoms. The van der Waals surface area contributed by atoms with E-state index in [0.29, 0.717) is 36.0 Å². The molecule has 0 aromatic rings. The Kier molecular flexibility index (Phi) is 8.41. The van der Waals surface area contributed by atoms with E-state index in [4.69, 9.17) is 10.5 Å². The molecule has 2 heterocycles. The van der Waals surface area contributed by atoms with Crippen molar-refractivity contribution in [3.8, 4) is 0 Å². The molecule has 0 aromatic heterocycles. The number of hydrogen-bond acceptors (Lipinski definition) is 6. The highest BCUT2D eigenvalue weighted by molar-refractivity contribution is 5.93. The van der Waals surface area contributed by atoms with Gasteiger partial charge in [-0.1, -0.05) is 48.5 Å². The van der Waals surface area contributed by atoms with Gasteiger partial charge in [0, 0.05) is 36.4 Å². The third kappa shape index (κ3) is 5.07. The SMILES string of the molecule is CC(C)C[C@](C)(CN)C(=O)[C@H](C)C12CC[C@@H](C)C1[C@](C)(COC(=O)NC(=O)[C@H]1CN3CC[C@@H]1C3)[C@H](C)CC2. The third-order valence-corrected chi connectivity index (χ3v) is 11.7. The lowest BCUT2D eigenvalue weighted by molar-refractivity contribution is -0.150. The second kappa shape index (κ2) is 10.8. The van der Waals surface area contributed by atoms with E-state index < -0.39 is 11.5 Å². The molecule has 0 radical (unpaired) electrons. The number of fused-ring (bicyclic) bond motifs is 3. The molecule has 2 amide bonds. The molecule has 2 aliphatic carbocycles. The number of ether oxygens (including phenoxy) is 1. The molecule has 2 aliphatic heterocycles. The summed E-state index contributed by atoms with van der Waals surface area (Å²) in [6, 6.07) is 0. The van der Waals surface area contributed by atoms with Crippen molar-refractivity contribution in [3.05, 3.63) is 0 Å². The fourth-order valence-corrected chi connectivity index (χ4v) is 9.53. The normalized spacial score (nSPS) is 40.4. The molecular weight excluding hydrogens is 478 g/mol. The molecule has 4 aliphatic rings. The van der Waals surface area contributed by atoms with E-state index in [1.165, 1.54) is 0 Å². The van der Waals surface area contributed by atoms with Crippen LogP contribution in [0.2, 0.25) is 0 Å². The molecule has 3 N–H and O–H groups in total. The lowest BCUT2D eigenvalue weighted by atomic mass is 9.47. The van der Waals surface area contributed by atoms with Crippen LogP contribution < -0.4 is 11.1 Å². The molecule has 3 unspecified atom stereocenters. The van der Waals surface area contributed by atoms with Gasteiger partial charge >= 0.3 is 6.09 Å². The molecule has 2 bridgehead atoms. The van der Waals surface area contributed by atoms with E-state index >= 15 is 0 Å².